The molecular formula is C9H13ClN2O2. The van der Waals surface area contributed by atoms with Crippen LogP contribution in [0.25, 0.3) is 0 Å². The number of nitrogens with two attached hydrogens (primary N) is 2. The van der Waals surface area contributed by atoms with Gasteiger partial charge in [0.25, 0.3) is 0 Å². The topological polar surface area (TPSA) is 89.3 Å². The molecule has 1 rings (SSSR count). The first-order chi connectivity index (χ1) is 6.70. The normalized spacial score (nSPS) is 11.1. The van der Waals surface area contributed by atoms with Gasteiger partial charge in [0.1, 0.15) is 6.04 Å². The Kier molecular flexibility index (Phi) is 6.74. The Balaban J connectivity index is 0.000000791. The second-order valence-electron chi connectivity index (χ2n) is 2.63. The van der Waals surface area contributed by atoms with E-state index in [2.05, 4.69) is 17.0 Å². The highest BCUT2D eigenvalue weighted by atomic mass is 35.5. The molecule has 1 aromatic rings. The van der Waals surface area contributed by atoms with Gasteiger partial charge in [-0.1, -0.05) is 30.3 Å². The molecule has 0 aliphatic rings. The molecule has 0 aliphatic heterocycles. The Morgan fingerprint density at radius 2 is 1.86 bits per heavy atom. The van der Waals surface area contributed by atoms with Gasteiger partial charge >= 0.3 is 5.97 Å². The van der Waals surface area contributed by atoms with Gasteiger partial charge in [0.2, 0.25) is 0 Å². The number of hydrogen-bond acceptors (Lipinski definition) is 3. The minimum Gasteiger partial charge on any atom is -0.480 e. The third kappa shape index (κ3) is 4.81. The van der Waals surface area contributed by atoms with Gasteiger partial charge < -0.3 is 10.8 Å². The smallest absolute Gasteiger partial charge is 0.320 e. The van der Waals surface area contributed by atoms with E-state index in [-0.39, 0.29) is 0 Å². The summed E-state index contributed by atoms with van der Waals surface area (Å²) < 4.78 is 0. The molecule has 0 spiro atoms. The lowest BCUT2D eigenvalue weighted by Crippen LogP contribution is -2.32. The molecule has 0 bridgehead atoms. The van der Waals surface area contributed by atoms with Crippen molar-refractivity contribution in [2.75, 3.05) is 0 Å². The summed E-state index contributed by atoms with van der Waals surface area (Å²) in [5.41, 5.74) is 6.30. The molecule has 0 amide bonds. The zero-order valence-electron chi connectivity index (χ0n) is 7.56. The van der Waals surface area contributed by atoms with Gasteiger partial charge in [-0.3, -0.25) is 4.79 Å². The summed E-state index contributed by atoms with van der Waals surface area (Å²) in [6, 6.07) is 8.54. The molecule has 0 fully saturated rings. The maximum atomic E-state index is 10.4. The Bertz CT molecular complexity index is 267. The SMILES string of the molecule is NC(Cc1ccccc1)C(=O)O.NCl. The van der Waals surface area contributed by atoms with Crippen LogP contribution in [0.15, 0.2) is 30.3 Å². The van der Waals surface area contributed by atoms with Crippen LogP contribution in [0.1, 0.15) is 5.56 Å². The predicted molar refractivity (Wildman–Crippen MR) is 55.8 cm³/mol. The zero-order chi connectivity index (χ0) is 11.0. The fourth-order valence-electron chi connectivity index (χ4n) is 0.955. The first-order valence-corrected chi connectivity index (χ1v) is 4.38. The molecule has 0 radical (unpaired) electrons. The number of aliphatic carboxylic acids is 1. The molecule has 0 saturated heterocycles. The van der Waals surface area contributed by atoms with Crippen molar-refractivity contribution in [3.05, 3.63) is 35.9 Å². The lowest BCUT2D eigenvalue weighted by Gasteiger charge is -2.04. The van der Waals surface area contributed by atoms with E-state index in [9.17, 15) is 4.79 Å². The number of carboxylic acid groups (broad SMARTS) is 1. The molecule has 1 unspecified atom stereocenters. The zero-order valence-corrected chi connectivity index (χ0v) is 8.32. The second kappa shape index (κ2) is 7.32. The largest absolute Gasteiger partial charge is 0.480 e. The van der Waals surface area contributed by atoms with Crippen LogP contribution in [0.4, 0.5) is 0 Å². The van der Waals surface area contributed by atoms with Crippen molar-refractivity contribution in [1.82, 2.24) is 0 Å². The van der Waals surface area contributed by atoms with Crippen LogP contribution < -0.4 is 11.0 Å². The maximum absolute atomic E-state index is 10.4. The van der Waals surface area contributed by atoms with Gasteiger partial charge in [0, 0.05) is 0 Å². The van der Waals surface area contributed by atoms with Crippen molar-refractivity contribution in [2.24, 2.45) is 11.0 Å². The lowest BCUT2D eigenvalue weighted by molar-refractivity contribution is -0.138. The summed E-state index contributed by atoms with van der Waals surface area (Å²) in [4.78, 5) is 10.4. The van der Waals surface area contributed by atoms with Crippen LogP contribution in [-0.4, -0.2) is 17.1 Å². The molecule has 78 valence electrons. The van der Waals surface area contributed by atoms with Gasteiger partial charge in [-0.25, -0.2) is 5.25 Å². The number of carbonyl (C=O) groups is 1. The minimum absolute atomic E-state index is 0.385. The number of carboxylic acids is 1. The molecule has 1 atom stereocenters. The van der Waals surface area contributed by atoms with E-state index in [1.807, 2.05) is 30.3 Å². The lowest BCUT2D eigenvalue weighted by atomic mass is 10.1. The Labute approximate surface area is 87.6 Å². The highest BCUT2D eigenvalue weighted by Gasteiger charge is 2.10. The van der Waals surface area contributed by atoms with Crippen molar-refractivity contribution in [3.8, 4) is 0 Å². The Morgan fingerprint density at radius 1 is 1.36 bits per heavy atom. The first kappa shape index (κ1) is 12.9. The number of hydrogen-bond donors (Lipinski definition) is 3. The van der Waals surface area contributed by atoms with Gasteiger partial charge in [0.15, 0.2) is 0 Å². The monoisotopic (exact) mass is 216 g/mol. The summed E-state index contributed by atoms with van der Waals surface area (Å²) in [7, 11) is 0. The highest BCUT2D eigenvalue weighted by Crippen LogP contribution is 2.01. The molecular weight excluding hydrogens is 204 g/mol. The highest BCUT2D eigenvalue weighted by molar-refractivity contribution is 6.11. The van der Waals surface area contributed by atoms with Gasteiger partial charge in [-0.2, -0.15) is 0 Å². The molecule has 1 aromatic carbocycles. The number of benzene rings is 1. The second-order valence-corrected chi connectivity index (χ2v) is 2.63. The van der Waals surface area contributed by atoms with E-state index < -0.39 is 12.0 Å². The van der Waals surface area contributed by atoms with Crippen LogP contribution in [0.3, 0.4) is 0 Å². The standard InChI is InChI=1S/C9H11NO2.ClH2N/c10-8(9(11)12)6-7-4-2-1-3-5-7;1-2/h1-5,8H,6,10H2,(H,11,12);2H2. The molecule has 4 nitrogen and oxygen atoms in total. The molecule has 5 N–H and O–H groups in total. The minimum atomic E-state index is -0.959. The van der Waals surface area contributed by atoms with Crippen LogP contribution in [0.5, 0.6) is 0 Å². The van der Waals surface area contributed by atoms with E-state index in [1.165, 1.54) is 0 Å². The number of rotatable bonds is 3. The number of halogens is 1. The Hall–Kier alpha value is -1.10. The summed E-state index contributed by atoms with van der Waals surface area (Å²) in [6.07, 6.45) is 0.385. The van der Waals surface area contributed by atoms with Gasteiger partial charge in [-0.15, -0.1) is 0 Å². The van der Waals surface area contributed by atoms with E-state index in [0.717, 1.165) is 5.56 Å². The van der Waals surface area contributed by atoms with E-state index in [1.54, 1.807) is 0 Å². The quantitative estimate of drug-likeness (QED) is 0.651. The first-order valence-electron chi connectivity index (χ1n) is 3.94. The predicted octanol–water partition coefficient (Wildman–Crippen LogP) is 0.740. The summed E-state index contributed by atoms with van der Waals surface area (Å²) in [5.74, 6) is -0.959. The van der Waals surface area contributed by atoms with E-state index >= 15 is 0 Å². The fraction of sp³-hybridized carbons (Fsp3) is 0.222. The van der Waals surface area contributed by atoms with Crippen molar-refractivity contribution in [1.29, 1.82) is 0 Å². The van der Waals surface area contributed by atoms with Crippen LogP contribution >= 0.6 is 11.8 Å². The molecule has 5 heteroatoms. The maximum Gasteiger partial charge on any atom is 0.320 e. The fourth-order valence-corrected chi connectivity index (χ4v) is 0.955. The van der Waals surface area contributed by atoms with Crippen molar-refractivity contribution in [3.63, 3.8) is 0 Å². The average molecular weight is 217 g/mol. The Morgan fingerprint density at radius 3 is 2.29 bits per heavy atom. The third-order valence-electron chi connectivity index (χ3n) is 1.62. The van der Waals surface area contributed by atoms with Gasteiger partial charge in [0.05, 0.1) is 0 Å². The third-order valence-corrected chi connectivity index (χ3v) is 1.62. The average Bonchev–Trinajstić information content (AvgIpc) is 2.22. The van der Waals surface area contributed by atoms with Crippen LogP contribution in [0, 0.1) is 0 Å². The van der Waals surface area contributed by atoms with Crippen molar-refractivity contribution < 1.29 is 9.90 Å². The van der Waals surface area contributed by atoms with E-state index in [0.29, 0.717) is 6.42 Å². The summed E-state index contributed by atoms with van der Waals surface area (Å²) in [6.45, 7) is 0. The summed E-state index contributed by atoms with van der Waals surface area (Å²) >= 11 is 4.14. The van der Waals surface area contributed by atoms with E-state index in [4.69, 9.17) is 10.8 Å². The molecule has 0 aromatic heterocycles. The van der Waals surface area contributed by atoms with Crippen LogP contribution in [-0.2, 0) is 11.2 Å². The van der Waals surface area contributed by atoms with Crippen LogP contribution in [0.2, 0.25) is 0 Å². The van der Waals surface area contributed by atoms with Crippen molar-refractivity contribution >= 4 is 17.7 Å². The summed E-state index contributed by atoms with van der Waals surface area (Å²) in [5, 5.41) is 12.5. The molecule has 0 aliphatic carbocycles. The molecule has 0 heterocycles. The van der Waals surface area contributed by atoms with Gasteiger partial charge in [-0.05, 0) is 23.8 Å². The van der Waals surface area contributed by atoms with Crippen molar-refractivity contribution in [2.45, 2.75) is 12.5 Å². The molecule has 0 saturated carbocycles. The molecule has 14 heavy (non-hydrogen) atoms.